The summed E-state index contributed by atoms with van der Waals surface area (Å²) in [5, 5.41) is 0. The standard InChI is InChI=1S/C15H29N3O2/c1-3-6-16(2)13-14-4-7-17(8-5-14)15(19)18-9-11-20-12-10-18/h14H,3-13H2,1-2H3. The third-order valence-corrected chi connectivity index (χ3v) is 4.34. The molecule has 2 aliphatic rings. The molecular weight excluding hydrogens is 254 g/mol. The fourth-order valence-electron chi connectivity index (χ4n) is 3.18. The highest BCUT2D eigenvalue weighted by molar-refractivity contribution is 5.74. The lowest BCUT2D eigenvalue weighted by Gasteiger charge is -2.37. The molecule has 0 atom stereocenters. The fourth-order valence-corrected chi connectivity index (χ4v) is 3.18. The van der Waals surface area contributed by atoms with Crippen molar-refractivity contribution >= 4 is 6.03 Å². The molecule has 0 aromatic carbocycles. The van der Waals surface area contributed by atoms with Crippen LogP contribution in [-0.4, -0.2) is 80.3 Å². The van der Waals surface area contributed by atoms with Gasteiger partial charge in [0.2, 0.25) is 0 Å². The van der Waals surface area contributed by atoms with Gasteiger partial charge < -0.3 is 19.4 Å². The van der Waals surface area contributed by atoms with Gasteiger partial charge in [0.25, 0.3) is 0 Å². The largest absolute Gasteiger partial charge is 0.378 e. The molecule has 0 radical (unpaired) electrons. The maximum absolute atomic E-state index is 12.4. The number of hydrogen-bond donors (Lipinski definition) is 0. The number of piperidine rings is 1. The van der Waals surface area contributed by atoms with E-state index in [2.05, 4.69) is 18.9 Å². The number of ether oxygens (including phenoxy) is 1. The lowest BCUT2D eigenvalue weighted by Crippen LogP contribution is -2.50. The molecule has 5 heteroatoms. The van der Waals surface area contributed by atoms with E-state index in [0.717, 1.165) is 44.9 Å². The smallest absolute Gasteiger partial charge is 0.320 e. The Labute approximate surface area is 122 Å². The average molecular weight is 283 g/mol. The zero-order valence-electron chi connectivity index (χ0n) is 13.0. The summed E-state index contributed by atoms with van der Waals surface area (Å²) in [6.45, 7) is 9.27. The highest BCUT2D eigenvalue weighted by Gasteiger charge is 2.27. The second kappa shape index (κ2) is 7.84. The number of nitrogens with zero attached hydrogens (tertiary/aromatic N) is 3. The molecule has 0 N–H and O–H groups in total. The zero-order valence-corrected chi connectivity index (χ0v) is 13.0. The minimum Gasteiger partial charge on any atom is -0.378 e. The van der Waals surface area contributed by atoms with Crippen LogP contribution in [0.15, 0.2) is 0 Å². The summed E-state index contributed by atoms with van der Waals surface area (Å²) < 4.78 is 5.30. The van der Waals surface area contributed by atoms with E-state index >= 15 is 0 Å². The summed E-state index contributed by atoms with van der Waals surface area (Å²) in [5.74, 6) is 0.750. The summed E-state index contributed by atoms with van der Waals surface area (Å²) in [5.41, 5.74) is 0. The Morgan fingerprint density at radius 3 is 2.35 bits per heavy atom. The maximum atomic E-state index is 12.4. The van der Waals surface area contributed by atoms with Gasteiger partial charge in [-0.25, -0.2) is 4.79 Å². The first-order valence-corrected chi connectivity index (χ1v) is 8.01. The summed E-state index contributed by atoms with van der Waals surface area (Å²) >= 11 is 0. The van der Waals surface area contributed by atoms with Crippen LogP contribution in [-0.2, 0) is 4.74 Å². The Balaban J connectivity index is 1.71. The third kappa shape index (κ3) is 4.35. The third-order valence-electron chi connectivity index (χ3n) is 4.34. The van der Waals surface area contributed by atoms with Gasteiger partial charge in [0, 0.05) is 32.7 Å². The van der Waals surface area contributed by atoms with Crippen LogP contribution >= 0.6 is 0 Å². The topological polar surface area (TPSA) is 36.0 Å². The van der Waals surface area contributed by atoms with Crippen LogP contribution in [0.3, 0.4) is 0 Å². The van der Waals surface area contributed by atoms with Crippen molar-refractivity contribution in [1.29, 1.82) is 0 Å². The summed E-state index contributed by atoms with van der Waals surface area (Å²) in [7, 11) is 2.20. The van der Waals surface area contributed by atoms with Gasteiger partial charge in [-0.05, 0) is 38.8 Å². The predicted octanol–water partition coefficient (Wildman–Crippen LogP) is 1.49. The number of hydrogen-bond acceptors (Lipinski definition) is 3. The van der Waals surface area contributed by atoms with E-state index in [1.807, 2.05) is 9.80 Å². The molecule has 2 heterocycles. The molecule has 20 heavy (non-hydrogen) atoms. The van der Waals surface area contributed by atoms with Crippen molar-refractivity contribution in [2.75, 3.05) is 59.5 Å². The lowest BCUT2D eigenvalue weighted by molar-refractivity contribution is 0.0394. The van der Waals surface area contributed by atoms with Crippen molar-refractivity contribution < 1.29 is 9.53 Å². The van der Waals surface area contributed by atoms with Crippen molar-refractivity contribution in [2.45, 2.75) is 26.2 Å². The van der Waals surface area contributed by atoms with Crippen LogP contribution in [0.4, 0.5) is 4.79 Å². The molecule has 2 aliphatic heterocycles. The maximum Gasteiger partial charge on any atom is 0.320 e. The first kappa shape index (κ1) is 15.6. The van der Waals surface area contributed by atoms with E-state index in [1.165, 1.54) is 19.5 Å². The van der Waals surface area contributed by atoms with Gasteiger partial charge in [-0.2, -0.15) is 0 Å². The summed E-state index contributed by atoms with van der Waals surface area (Å²) in [4.78, 5) is 18.8. The monoisotopic (exact) mass is 283 g/mol. The van der Waals surface area contributed by atoms with Crippen LogP contribution in [0.25, 0.3) is 0 Å². The van der Waals surface area contributed by atoms with E-state index in [0.29, 0.717) is 13.2 Å². The van der Waals surface area contributed by atoms with Gasteiger partial charge in [-0.15, -0.1) is 0 Å². The van der Waals surface area contributed by atoms with E-state index in [4.69, 9.17) is 4.74 Å². The Bertz CT molecular complexity index is 297. The molecule has 0 aliphatic carbocycles. The molecule has 2 fully saturated rings. The number of rotatable bonds is 4. The van der Waals surface area contributed by atoms with Gasteiger partial charge in [0.15, 0.2) is 0 Å². The Kier molecular flexibility index (Phi) is 6.10. The minimum absolute atomic E-state index is 0.216. The first-order chi connectivity index (χ1) is 9.70. The number of urea groups is 1. The van der Waals surface area contributed by atoms with Gasteiger partial charge >= 0.3 is 6.03 Å². The molecule has 0 saturated carbocycles. The van der Waals surface area contributed by atoms with Crippen LogP contribution < -0.4 is 0 Å². The van der Waals surface area contributed by atoms with Crippen molar-refractivity contribution in [3.63, 3.8) is 0 Å². The summed E-state index contributed by atoms with van der Waals surface area (Å²) in [6.07, 6.45) is 3.50. The Morgan fingerprint density at radius 2 is 1.75 bits per heavy atom. The quantitative estimate of drug-likeness (QED) is 0.784. The number of morpholine rings is 1. The first-order valence-electron chi connectivity index (χ1n) is 8.01. The minimum atomic E-state index is 0.216. The van der Waals surface area contributed by atoms with E-state index in [1.54, 1.807) is 0 Å². The number of amides is 2. The van der Waals surface area contributed by atoms with E-state index in [-0.39, 0.29) is 6.03 Å². The molecule has 0 unspecified atom stereocenters. The van der Waals surface area contributed by atoms with E-state index in [9.17, 15) is 4.79 Å². The molecule has 0 bridgehead atoms. The van der Waals surface area contributed by atoms with Crippen LogP contribution in [0, 0.1) is 5.92 Å². The molecule has 2 amide bonds. The Hall–Kier alpha value is -0.810. The zero-order chi connectivity index (χ0) is 14.4. The number of carbonyl (C=O) groups excluding carboxylic acids is 1. The Morgan fingerprint density at radius 1 is 1.15 bits per heavy atom. The van der Waals surface area contributed by atoms with Crippen molar-refractivity contribution in [2.24, 2.45) is 5.92 Å². The lowest BCUT2D eigenvalue weighted by atomic mass is 9.96. The van der Waals surface area contributed by atoms with Crippen LogP contribution in [0.2, 0.25) is 0 Å². The van der Waals surface area contributed by atoms with Gasteiger partial charge in [-0.3, -0.25) is 0 Å². The van der Waals surface area contributed by atoms with Crippen molar-refractivity contribution in [3.8, 4) is 0 Å². The normalized spacial score (nSPS) is 21.6. The average Bonchev–Trinajstić information content (AvgIpc) is 2.48. The fraction of sp³-hybridized carbons (Fsp3) is 0.933. The number of likely N-dealkylation sites (tertiary alicyclic amines) is 1. The van der Waals surface area contributed by atoms with Crippen LogP contribution in [0.5, 0.6) is 0 Å². The van der Waals surface area contributed by atoms with Crippen molar-refractivity contribution in [1.82, 2.24) is 14.7 Å². The van der Waals surface area contributed by atoms with Gasteiger partial charge in [0.05, 0.1) is 13.2 Å². The molecular formula is C15H29N3O2. The predicted molar refractivity (Wildman–Crippen MR) is 79.9 cm³/mol. The second-order valence-electron chi connectivity index (χ2n) is 6.07. The molecule has 5 nitrogen and oxygen atoms in total. The molecule has 2 saturated heterocycles. The SMILES string of the molecule is CCCN(C)CC1CCN(C(=O)N2CCOCC2)CC1. The van der Waals surface area contributed by atoms with Gasteiger partial charge in [0.1, 0.15) is 0 Å². The van der Waals surface area contributed by atoms with Crippen molar-refractivity contribution in [3.05, 3.63) is 0 Å². The molecule has 116 valence electrons. The second-order valence-corrected chi connectivity index (χ2v) is 6.07. The molecule has 0 spiro atoms. The van der Waals surface area contributed by atoms with Gasteiger partial charge in [-0.1, -0.05) is 6.92 Å². The molecule has 0 aromatic rings. The highest BCUT2D eigenvalue weighted by atomic mass is 16.5. The van der Waals surface area contributed by atoms with Crippen LogP contribution in [0.1, 0.15) is 26.2 Å². The highest BCUT2D eigenvalue weighted by Crippen LogP contribution is 2.19. The molecule has 0 aromatic heterocycles. The number of carbonyl (C=O) groups is 1. The summed E-state index contributed by atoms with van der Waals surface area (Å²) in [6, 6.07) is 0.216. The molecule has 2 rings (SSSR count). The van der Waals surface area contributed by atoms with E-state index < -0.39 is 0 Å².